The van der Waals surface area contributed by atoms with Crippen molar-refractivity contribution in [3.63, 3.8) is 0 Å². The van der Waals surface area contributed by atoms with Crippen LogP contribution >= 0.6 is 11.8 Å². The summed E-state index contributed by atoms with van der Waals surface area (Å²) < 4.78 is 37.4. The van der Waals surface area contributed by atoms with Crippen molar-refractivity contribution in [1.82, 2.24) is 0 Å². The second-order valence-corrected chi connectivity index (χ2v) is 4.12. The maximum atomic E-state index is 12.9. The minimum absolute atomic E-state index is 0.0775. The highest BCUT2D eigenvalue weighted by Gasteiger charge is 2.27. The van der Waals surface area contributed by atoms with Gasteiger partial charge in [-0.05, 0) is 6.42 Å². The van der Waals surface area contributed by atoms with Crippen molar-refractivity contribution >= 4 is 16.9 Å². The van der Waals surface area contributed by atoms with Crippen LogP contribution in [-0.4, -0.2) is 23.5 Å². The van der Waals surface area contributed by atoms with Crippen LogP contribution in [0, 0.1) is 0 Å². The van der Waals surface area contributed by atoms with E-state index < -0.39 is 19.0 Å². The molecule has 5 heteroatoms. The summed E-state index contributed by atoms with van der Waals surface area (Å²) in [7, 11) is 0. The molecule has 0 saturated carbocycles. The highest BCUT2D eigenvalue weighted by molar-refractivity contribution is 8.13. The first kappa shape index (κ1) is 13.8. The van der Waals surface area contributed by atoms with Crippen molar-refractivity contribution in [3.8, 4) is 0 Å². The highest BCUT2D eigenvalue weighted by atomic mass is 32.2. The molecule has 0 bridgehead atoms. The summed E-state index contributed by atoms with van der Waals surface area (Å²) in [6.07, 6.45) is -0.520. The SMILES string of the molecule is CCC(=O)SCCC(F)(F)CCCF. The Kier molecular flexibility index (Phi) is 7.05. The van der Waals surface area contributed by atoms with Gasteiger partial charge in [-0.3, -0.25) is 9.18 Å². The predicted molar refractivity (Wildman–Crippen MR) is 52.5 cm³/mol. The van der Waals surface area contributed by atoms with Crippen LogP contribution in [0.1, 0.15) is 32.6 Å². The molecular formula is C9H15F3OS. The number of halogens is 3. The molecule has 14 heavy (non-hydrogen) atoms. The Morgan fingerprint density at radius 2 is 2.00 bits per heavy atom. The molecule has 0 unspecified atom stereocenters. The van der Waals surface area contributed by atoms with E-state index in [1.807, 2.05) is 0 Å². The fourth-order valence-electron chi connectivity index (χ4n) is 0.867. The molecular weight excluding hydrogens is 213 g/mol. The lowest BCUT2D eigenvalue weighted by Gasteiger charge is -2.14. The zero-order chi connectivity index (χ0) is 11.0. The Morgan fingerprint density at radius 1 is 1.36 bits per heavy atom. The van der Waals surface area contributed by atoms with E-state index in [4.69, 9.17) is 0 Å². The molecule has 0 spiro atoms. The summed E-state index contributed by atoms with van der Waals surface area (Å²) in [4.78, 5) is 10.8. The Hall–Kier alpha value is -0.190. The van der Waals surface area contributed by atoms with Gasteiger partial charge >= 0.3 is 0 Å². The number of rotatable bonds is 7. The molecule has 0 amide bonds. The van der Waals surface area contributed by atoms with Gasteiger partial charge in [0, 0.05) is 25.0 Å². The average molecular weight is 228 g/mol. The van der Waals surface area contributed by atoms with Crippen LogP contribution in [0.5, 0.6) is 0 Å². The minimum atomic E-state index is -2.83. The first-order valence-electron chi connectivity index (χ1n) is 4.61. The van der Waals surface area contributed by atoms with Gasteiger partial charge in [0.25, 0.3) is 0 Å². The molecule has 1 nitrogen and oxygen atoms in total. The molecule has 0 aliphatic carbocycles. The van der Waals surface area contributed by atoms with Crippen molar-refractivity contribution in [1.29, 1.82) is 0 Å². The lowest BCUT2D eigenvalue weighted by Crippen LogP contribution is -2.17. The number of alkyl halides is 3. The molecule has 0 radical (unpaired) electrons. The van der Waals surface area contributed by atoms with Crippen molar-refractivity contribution in [2.24, 2.45) is 0 Å². The van der Waals surface area contributed by atoms with Gasteiger partial charge in [0.15, 0.2) is 5.12 Å². The third kappa shape index (κ3) is 7.24. The Morgan fingerprint density at radius 3 is 2.50 bits per heavy atom. The van der Waals surface area contributed by atoms with E-state index in [1.54, 1.807) is 6.92 Å². The Labute approximate surface area is 86.4 Å². The molecule has 0 aromatic heterocycles. The van der Waals surface area contributed by atoms with E-state index in [9.17, 15) is 18.0 Å². The zero-order valence-corrected chi connectivity index (χ0v) is 9.01. The molecule has 0 aliphatic rings. The molecule has 0 aliphatic heterocycles. The summed E-state index contributed by atoms with van der Waals surface area (Å²) in [5, 5.41) is -0.0775. The normalized spacial score (nSPS) is 11.7. The standard InChI is InChI=1S/C9H15F3OS/c1-2-8(13)14-7-5-9(11,12)4-3-6-10/h2-7H2,1H3. The third-order valence-corrected chi connectivity index (χ3v) is 2.71. The summed E-state index contributed by atoms with van der Waals surface area (Å²) in [6.45, 7) is 0.979. The first-order chi connectivity index (χ1) is 6.52. The van der Waals surface area contributed by atoms with E-state index in [0.29, 0.717) is 6.42 Å². The number of hydrogen-bond acceptors (Lipinski definition) is 2. The molecule has 0 aromatic rings. The van der Waals surface area contributed by atoms with Crippen LogP contribution < -0.4 is 0 Å². The van der Waals surface area contributed by atoms with Crippen LogP contribution in [-0.2, 0) is 4.79 Å². The molecule has 0 N–H and O–H groups in total. The van der Waals surface area contributed by atoms with Crippen LogP contribution in [0.4, 0.5) is 13.2 Å². The predicted octanol–water partition coefficient (Wildman–Crippen LogP) is 3.43. The van der Waals surface area contributed by atoms with Crippen LogP contribution in [0.25, 0.3) is 0 Å². The smallest absolute Gasteiger partial charge is 0.249 e. The van der Waals surface area contributed by atoms with Crippen LogP contribution in [0.15, 0.2) is 0 Å². The monoisotopic (exact) mass is 228 g/mol. The van der Waals surface area contributed by atoms with Gasteiger partial charge in [-0.15, -0.1) is 0 Å². The number of hydrogen-bond donors (Lipinski definition) is 0. The summed E-state index contributed by atoms with van der Waals surface area (Å²) >= 11 is 0.924. The fourth-order valence-corrected chi connectivity index (χ4v) is 1.70. The number of thioether (sulfide) groups is 1. The van der Waals surface area contributed by atoms with Crippen molar-refractivity contribution in [2.75, 3.05) is 12.4 Å². The van der Waals surface area contributed by atoms with Crippen molar-refractivity contribution in [2.45, 2.75) is 38.5 Å². The maximum absolute atomic E-state index is 12.9. The molecule has 0 heterocycles. The minimum Gasteiger partial charge on any atom is -0.287 e. The lowest BCUT2D eigenvalue weighted by atomic mass is 10.1. The van der Waals surface area contributed by atoms with Crippen molar-refractivity contribution < 1.29 is 18.0 Å². The lowest BCUT2D eigenvalue weighted by molar-refractivity contribution is -0.110. The van der Waals surface area contributed by atoms with E-state index >= 15 is 0 Å². The summed E-state index contributed by atoms with van der Waals surface area (Å²) in [6, 6.07) is 0. The van der Waals surface area contributed by atoms with E-state index in [2.05, 4.69) is 0 Å². The number of carbonyl (C=O) groups excluding carboxylic acids is 1. The first-order valence-corrected chi connectivity index (χ1v) is 5.60. The summed E-state index contributed by atoms with van der Waals surface area (Å²) in [5.41, 5.74) is 0. The molecule has 0 fully saturated rings. The van der Waals surface area contributed by atoms with Gasteiger partial charge in [-0.2, -0.15) is 0 Å². The van der Waals surface area contributed by atoms with Crippen LogP contribution in [0.2, 0.25) is 0 Å². The van der Waals surface area contributed by atoms with Gasteiger partial charge in [0.2, 0.25) is 5.92 Å². The molecule has 0 atom stereocenters. The van der Waals surface area contributed by atoms with Gasteiger partial charge in [0.05, 0.1) is 6.67 Å². The second-order valence-electron chi connectivity index (χ2n) is 2.97. The molecule has 0 rings (SSSR count). The van der Waals surface area contributed by atoms with Gasteiger partial charge < -0.3 is 0 Å². The quantitative estimate of drug-likeness (QED) is 0.664. The summed E-state index contributed by atoms with van der Waals surface area (Å²) in [5.74, 6) is -2.71. The highest BCUT2D eigenvalue weighted by Crippen LogP contribution is 2.26. The fraction of sp³-hybridized carbons (Fsp3) is 0.889. The molecule has 0 aromatic carbocycles. The van der Waals surface area contributed by atoms with Gasteiger partial charge in [-0.1, -0.05) is 18.7 Å². The van der Waals surface area contributed by atoms with E-state index in [1.165, 1.54) is 0 Å². The molecule has 0 saturated heterocycles. The zero-order valence-electron chi connectivity index (χ0n) is 8.19. The largest absolute Gasteiger partial charge is 0.287 e. The maximum Gasteiger partial charge on any atom is 0.249 e. The topological polar surface area (TPSA) is 17.1 Å². The molecule has 84 valence electrons. The van der Waals surface area contributed by atoms with Crippen molar-refractivity contribution in [3.05, 3.63) is 0 Å². The second kappa shape index (κ2) is 7.15. The Balaban J connectivity index is 3.59. The third-order valence-electron chi connectivity index (χ3n) is 1.70. The van der Waals surface area contributed by atoms with Crippen LogP contribution in [0.3, 0.4) is 0 Å². The average Bonchev–Trinajstić information content (AvgIpc) is 2.14. The van der Waals surface area contributed by atoms with E-state index in [-0.39, 0.29) is 23.7 Å². The van der Waals surface area contributed by atoms with Gasteiger partial charge in [-0.25, -0.2) is 8.78 Å². The Bertz CT molecular complexity index is 173. The van der Waals surface area contributed by atoms with E-state index in [0.717, 1.165) is 11.8 Å². The van der Waals surface area contributed by atoms with Gasteiger partial charge in [0.1, 0.15) is 0 Å². The number of carbonyl (C=O) groups is 1.